The first-order valence-corrected chi connectivity index (χ1v) is 8.89. The lowest BCUT2D eigenvalue weighted by molar-refractivity contribution is -0.117. The molecule has 0 radical (unpaired) electrons. The highest BCUT2D eigenvalue weighted by molar-refractivity contribution is 6.04. The molecule has 1 aliphatic carbocycles. The van der Waals surface area contributed by atoms with E-state index in [1.54, 1.807) is 18.2 Å². The molecule has 0 spiro atoms. The average molecular weight is 359 g/mol. The molecule has 3 aromatic rings. The number of halogens is 1. The number of nitriles is 1. The standard InChI is InChI=1S/C22H18FN3O/c23-18-7-5-15(6-8-18)13-26-14-17(20-3-1-2-4-21(20)26)11-16(12-24)22(27)25-19-9-10-19/h1-8,11,14,19H,9-10,13H2,(H,25,27)/b16-11+. The average Bonchev–Trinajstić information content (AvgIpc) is 3.43. The number of rotatable bonds is 5. The third-order valence-electron chi connectivity index (χ3n) is 4.66. The van der Waals surface area contributed by atoms with Crippen molar-refractivity contribution >= 4 is 22.9 Å². The fourth-order valence-electron chi connectivity index (χ4n) is 3.10. The zero-order chi connectivity index (χ0) is 18.8. The van der Waals surface area contributed by atoms with E-state index in [0.29, 0.717) is 6.54 Å². The van der Waals surface area contributed by atoms with Gasteiger partial charge in [-0.1, -0.05) is 30.3 Å². The number of hydrogen-bond donors (Lipinski definition) is 1. The van der Waals surface area contributed by atoms with E-state index >= 15 is 0 Å². The van der Waals surface area contributed by atoms with Crippen LogP contribution in [0.4, 0.5) is 4.39 Å². The van der Waals surface area contributed by atoms with Crippen molar-refractivity contribution in [2.24, 2.45) is 0 Å². The van der Waals surface area contributed by atoms with Crippen LogP contribution in [0.2, 0.25) is 0 Å². The first-order valence-electron chi connectivity index (χ1n) is 8.89. The van der Waals surface area contributed by atoms with Crippen molar-refractivity contribution < 1.29 is 9.18 Å². The lowest BCUT2D eigenvalue weighted by Gasteiger charge is -2.05. The fraction of sp³-hybridized carbons (Fsp3) is 0.182. The van der Waals surface area contributed by atoms with Gasteiger partial charge in [-0.25, -0.2) is 4.39 Å². The summed E-state index contributed by atoms with van der Waals surface area (Å²) in [6.45, 7) is 0.574. The topological polar surface area (TPSA) is 57.8 Å². The Bertz CT molecular complexity index is 1070. The number of hydrogen-bond acceptors (Lipinski definition) is 2. The van der Waals surface area contributed by atoms with Gasteiger partial charge in [0.25, 0.3) is 5.91 Å². The zero-order valence-electron chi connectivity index (χ0n) is 14.7. The molecule has 0 aliphatic heterocycles. The number of amides is 1. The second-order valence-corrected chi connectivity index (χ2v) is 6.77. The van der Waals surface area contributed by atoms with Crippen LogP contribution in [-0.2, 0) is 11.3 Å². The minimum absolute atomic E-state index is 0.103. The molecule has 1 N–H and O–H groups in total. The Morgan fingerprint density at radius 1 is 1.22 bits per heavy atom. The summed E-state index contributed by atoms with van der Waals surface area (Å²) in [6.07, 6.45) is 5.51. The molecule has 4 nitrogen and oxygen atoms in total. The predicted octanol–water partition coefficient (Wildman–Crippen LogP) is 4.01. The smallest absolute Gasteiger partial charge is 0.262 e. The van der Waals surface area contributed by atoms with Gasteiger partial charge in [0.05, 0.1) is 0 Å². The molecule has 0 saturated heterocycles. The molecule has 1 amide bonds. The largest absolute Gasteiger partial charge is 0.349 e. The maximum atomic E-state index is 13.2. The number of carbonyl (C=O) groups excluding carboxylic acids is 1. The van der Waals surface area contributed by atoms with Crippen LogP contribution in [-0.4, -0.2) is 16.5 Å². The Hall–Kier alpha value is -3.39. The van der Waals surface area contributed by atoms with Gasteiger partial charge in [0.15, 0.2) is 0 Å². The van der Waals surface area contributed by atoms with Gasteiger partial charge in [0, 0.05) is 35.2 Å². The molecule has 0 atom stereocenters. The summed E-state index contributed by atoms with van der Waals surface area (Å²) in [5.74, 6) is -0.588. The summed E-state index contributed by atoms with van der Waals surface area (Å²) in [5.41, 5.74) is 2.88. The lowest BCUT2D eigenvalue weighted by Crippen LogP contribution is -2.26. The van der Waals surface area contributed by atoms with E-state index < -0.39 is 0 Å². The molecule has 2 aromatic carbocycles. The van der Waals surface area contributed by atoms with E-state index in [-0.39, 0.29) is 23.3 Å². The van der Waals surface area contributed by atoms with Gasteiger partial charge in [-0.3, -0.25) is 4.79 Å². The maximum Gasteiger partial charge on any atom is 0.262 e. The number of carbonyl (C=O) groups is 1. The third kappa shape index (κ3) is 3.75. The van der Waals surface area contributed by atoms with E-state index in [0.717, 1.165) is 34.9 Å². The van der Waals surface area contributed by atoms with E-state index in [1.165, 1.54) is 12.1 Å². The van der Waals surface area contributed by atoms with Crippen LogP contribution in [0.15, 0.2) is 60.3 Å². The van der Waals surface area contributed by atoms with E-state index in [1.807, 2.05) is 41.1 Å². The first-order chi connectivity index (χ1) is 13.1. The second-order valence-electron chi connectivity index (χ2n) is 6.77. The van der Waals surface area contributed by atoms with E-state index in [2.05, 4.69) is 5.32 Å². The quantitative estimate of drug-likeness (QED) is 0.553. The number of benzene rings is 2. The summed E-state index contributed by atoms with van der Waals surface area (Å²) in [6, 6.07) is 16.4. The van der Waals surface area contributed by atoms with Crippen LogP contribution >= 0.6 is 0 Å². The summed E-state index contributed by atoms with van der Waals surface area (Å²) in [4.78, 5) is 12.3. The monoisotopic (exact) mass is 359 g/mol. The van der Waals surface area contributed by atoms with Crippen LogP contribution in [0.25, 0.3) is 17.0 Å². The van der Waals surface area contributed by atoms with Gasteiger partial charge in [-0.05, 0) is 42.7 Å². The number of nitrogens with one attached hydrogen (secondary N) is 1. The highest BCUT2D eigenvalue weighted by Crippen LogP contribution is 2.25. The van der Waals surface area contributed by atoms with Crippen molar-refractivity contribution in [3.05, 3.63) is 77.2 Å². The second kappa shape index (κ2) is 7.08. The molecule has 1 aliphatic rings. The van der Waals surface area contributed by atoms with Crippen molar-refractivity contribution in [1.82, 2.24) is 9.88 Å². The third-order valence-corrected chi connectivity index (χ3v) is 4.66. The Labute approximate surface area is 156 Å². The number of nitrogens with zero attached hydrogens (tertiary/aromatic N) is 2. The Balaban J connectivity index is 1.70. The summed E-state index contributed by atoms with van der Waals surface area (Å²) in [5, 5.41) is 13.2. The van der Waals surface area contributed by atoms with Crippen molar-refractivity contribution in [1.29, 1.82) is 5.26 Å². The molecule has 134 valence electrons. The van der Waals surface area contributed by atoms with Gasteiger partial charge in [0.2, 0.25) is 0 Å². The zero-order valence-corrected chi connectivity index (χ0v) is 14.7. The molecular formula is C22H18FN3O. The number of aromatic nitrogens is 1. The van der Waals surface area contributed by atoms with Gasteiger partial charge < -0.3 is 9.88 Å². The molecule has 0 bridgehead atoms. The molecule has 27 heavy (non-hydrogen) atoms. The summed E-state index contributed by atoms with van der Waals surface area (Å²) in [7, 11) is 0. The highest BCUT2D eigenvalue weighted by atomic mass is 19.1. The van der Waals surface area contributed by atoms with E-state index in [9.17, 15) is 14.4 Å². The molecule has 0 unspecified atom stereocenters. The SMILES string of the molecule is N#C/C(=C\c1cn(Cc2ccc(F)cc2)c2ccccc12)C(=O)NC1CC1. The lowest BCUT2D eigenvalue weighted by atomic mass is 10.1. The Morgan fingerprint density at radius 3 is 2.67 bits per heavy atom. The highest BCUT2D eigenvalue weighted by Gasteiger charge is 2.24. The minimum Gasteiger partial charge on any atom is -0.349 e. The summed E-state index contributed by atoms with van der Waals surface area (Å²) < 4.78 is 15.2. The number of para-hydroxylation sites is 1. The fourth-order valence-corrected chi connectivity index (χ4v) is 3.10. The molecule has 5 heteroatoms. The minimum atomic E-state index is -0.324. The van der Waals surface area contributed by atoms with Crippen LogP contribution in [0.3, 0.4) is 0 Å². The van der Waals surface area contributed by atoms with Crippen molar-refractivity contribution in [2.75, 3.05) is 0 Å². The van der Waals surface area contributed by atoms with Gasteiger partial charge >= 0.3 is 0 Å². The predicted molar refractivity (Wildman–Crippen MR) is 102 cm³/mol. The molecule has 4 rings (SSSR count). The van der Waals surface area contributed by atoms with Crippen molar-refractivity contribution in [3.8, 4) is 6.07 Å². The van der Waals surface area contributed by atoms with Crippen LogP contribution < -0.4 is 5.32 Å². The molecule has 1 fully saturated rings. The molecule has 1 aromatic heterocycles. The summed E-state index contributed by atoms with van der Waals surface area (Å²) >= 11 is 0. The van der Waals surface area contributed by atoms with Gasteiger partial charge in [-0.15, -0.1) is 0 Å². The molecular weight excluding hydrogens is 341 g/mol. The molecule has 1 saturated carbocycles. The van der Waals surface area contributed by atoms with Gasteiger partial charge in [-0.2, -0.15) is 5.26 Å². The first kappa shape index (κ1) is 17.0. The van der Waals surface area contributed by atoms with Crippen LogP contribution in [0.1, 0.15) is 24.0 Å². The van der Waals surface area contributed by atoms with Gasteiger partial charge in [0.1, 0.15) is 17.5 Å². The van der Waals surface area contributed by atoms with Crippen LogP contribution in [0.5, 0.6) is 0 Å². The molecule has 1 heterocycles. The van der Waals surface area contributed by atoms with Crippen LogP contribution in [0, 0.1) is 17.1 Å². The Kier molecular flexibility index (Phi) is 4.47. The van der Waals surface area contributed by atoms with E-state index in [4.69, 9.17) is 0 Å². The van der Waals surface area contributed by atoms with Crippen molar-refractivity contribution in [3.63, 3.8) is 0 Å². The Morgan fingerprint density at radius 2 is 1.96 bits per heavy atom. The normalized spacial score (nSPS) is 14.1. The van der Waals surface area contributed by atoms with Crippen molar-refractivity contribution in [2.45, 2.75) is 25.4 Å². The maximum absolute atomic E-state index is 13.2. The number of fused-ring (bicyclic) bond motifs is 1.